The van der Waals surface area contributed by atoms with E-state index in [1.165, 1.54) is 25.7 Å². The number of hydrogen-bond donors (Lipinski definition) is 1. The van der Waals surface area contributed by atoms with Crippen molar-refractivity contribution >= 4 is 11.3 Å². The second-order valence-corrected chi connectivity index (χ2v) is 6.34. The summed E-state index contributed by atoms with van der Waals surface area (Å²) in [6, 6.07) is 0. The van der Waals surface area contributed by atoms with Gasteiger partial charge < -0.3 is 5.11 Å². The summed E-state index contributed by atoms with van der Waals surface area (Å²) < 4.78 is 0. The van der Waals surface area contributed by atoms with Gasteiger partial charge in [0.25, 0.3) is 0 Å². The minimum absolute atomic E-state index is 0.0531. The van der Waals surface area contributed by atoms with E-state index in [2.05, 4.69) is 10.3 Å². The molecule has 1 aliphatic carbocycles. The van der Waals surface area contributed by atoms with Crippen molar-refractivity contribution in [3.05, 3.63) is 21.4 Å². The second kappa shape index (κ2) is 5.09. The van der Waals surface area contributed by atoms with Gasteiger partial charge in [0.1, 0.15) is 0 Å². The Morgan fingerprint density at radius 3 is 2.82 bits per heavy atom. The average molecular weight is 251 g/mol. The van der Waals surface area contributed by atoms with Gasteiger partial charge in [-0.3, -0.25) is 4.90 Å². The predicted molar refractivity (Wildman–Crippen MR) is 71.5 cm³/mol. The molecule has 94 valence electrons. The van der Waals surface area contributed by atoms with Gasteiger partial charge in [0.05, 0.1) is 6.10 Å². The molecule has 0 radical (unpaired) electrons. The average Bonchev–Trinajstić information content (AvgIpc) is 2.76. The van der Waals surface area contributed by atoms with Gasteiger partial charge in [0.2, 0.25) is 0 Å². The standard InChI is InChI=1S/C14H21NOS/c16-12-5-7-15(8-6-12)9-11-10-17-14-4-2-1-3-13(11)14/h10,12,16H,1-9H2. The number of thiophene rings is 1. The molecule has 0 spiro atoms. The molecule has 1 aliphatic heterocycles. The molecule has 0 unspecified atom stereocenters. The largest absolute Gasteiger partial charge is 0.393 e. The second-order valence-electron chi connectivity index (χ2n) is 5.38. The van der Waals surface area contributed by atoms with Crippen molar-refractivity contribution in [3.63, 3.8) is 0 Å². The fourth-order valence-corrected chi connectivity index (χ4v) is 4.15. The minimum Gasteiger partial charge on any atom is -0.393 e. The van der Waals surface area contributed by atoms with Gasteiger partial charge in [-0.2, -0.15) is 0 Å². The first-order valence-electron chi connectivity index (χ1n) is 6.81. The molecular weight excluding hydrogens is 230 g/mol. The summed E-state index contributed by atoms with van der Waals surface area (Å²) in [6.45, 7) is 3.23. The molecule has 3 heteroatoms. The summed E-state index contributed by atoms with van der Waals surface area (Å²) >= 11 is 1.97. The molecule has 0 atom stereocenters. The van der Waals surface area contributed by atoms with Crippen LogP contribution in [0, 0.1) is 0 Å². The van der Waals surface area contributed by atoms with Gasteiger partial charge in [-0.05, 0) is 55.0 Å². The number of piperidine rings is 1. The highest BCUT2D eigenvalue weighted by Gasteiger charge is 2.20. The third kappa shape index (κ3) is 2.56. The fourth-order valence-electron chi connectivity index (χ4n) is 3.01. The molecule has 0 bridgehead atoms. The Balaban J connectivity index is 1.66. The summed E-state index contributed by atoms with van der Waals surface area (Å²) in [4.78, 5) is 4.15. The Morgan fingerprint density at radius 1 is 1.24 bits per heavy atom. The zero-order chi connectivity index (χ0) is 11.7. The number of hydrogen-bond acceptors (Lipinski definition) is 3. The Morgan fingerprint density at radius 2 is 2.00 bits per heavy atom. The molecule has 3 rings (SSSR count). The van der Waals surface area contributed by atoms with E-state index in [4.69, 9.17) is 0 Å². The molecule has 0 amide bonds. The Bertz CT molecular complexity index is 380. The maximum Gasteiger partial charge on any atom is 0.0564 e. The van der Waals surface area contributed by atoms with Crippen LogP contribution in [0.5, 0.6) is 0 Å². The molecule has 0 aromatic carbocycles. The van der Waals surface area contributed by atoms with Crippen molar-refractivity contribution in [2.75, 3.05) is 13.1 Å². The van der Waals surface area contributed by atoms with E-state index in [0.717, 1.165) is 32.5 Å². The summed E-state index contributed by atoms with van der Waals surface area (Å²) in [7, 11) is 0. The number of likely N-dealkylation sites (tertiary alicyclic amines) is 1. The lowest BCUT2D eigenvalue weighted by Crippen LogP contribution is -2.35. The van der Waals surface area contributed by atoms with Crippen LogP contribution in [0.15, 0.2) is 5.38 Å². The first kappa shape index (κ1) is 11.7. The maximum absolute atomic E-state index is 9.52. The summed E-state index contributed by atoms with van der Waals surface area (Å²) in [5.41, 5.74) is 3.23. The zero-order valence-electron chi connectivity index (χ0n) is 10.3. The van der Waals surface area contributed by atoms with Crippen LogP contribution < -0.4 is 0 Å². The van der Waals surface area contributed by atoms with Crippen LogP contribution >= 0.6 is 11.3 Å². The third-order valence-electron chi connectivity index (χ3n) is 4.10. The van der Waals surface area contributed by atoms with Gasteiger partial charge in [0.15, 0.2) is 0 Å². The number of fused-ring (bicyclic) bond motifs is 1. The molecule has 1 saturated heterocycles. The first-order chi connectivity index (χ1) is 8.33. The van der Waals surface area contributed by atoms with Crippen molar-refractivity contribution < 1.29 is 5.11 Å². The van der Waals surface area contributed by atoms with Gasteiger partial charge in [0, 0.05) is 24.5 Å². The smallest absolute Gasteiger partial charge is 0.0564 e. The predicted octanol–water partition coefficient (Wildman–Crippen LogP) is 2.58. The number of nitrogens with zero attached hydrogens (tertiary/aromatic N) is 1. The monoisotopic (exact) mass is 251 g/mol. The van der Waals surface area contributed by atoms with Gasteiger partial charge >= 0.3 is 0 Å². The lowest BCUT2D eigenvalue weighted by molar-refractivity contribution is 0.0791. The number of aliphatic hydroxyl groups is 1. The van der Waals surface area contributed by atoms with E-state index in [0.29, 0.717) is 0 Å². The van der Waals surface area contributed by atoms with Gasteiger partial charge in [-0.15, -0.1) is 11.3 Å². The molecule has 1 fully saturated rings. The lowest BCUT2D eigenvalue weighted by atomic mass is 9.95. The van der Waals surface area contributed by atoms with E-state index in [-0.39, 0.29) is 6.10 Å². The summed E-state index contributed by atoms with van der Waals surface area (Å²) in [5.74, 6) is 0. The van der Waals surface area contributed by atoms with Crippen LogP contribution in [-0.2, 0) is 19.4 Å². The summed E-state index contributed by atoms with van der Waals surface area (Å²) in [5, 5.41) is 11.9. The quantitative estimate of drug-likeness (QED) is 0.873. The highest BCUT2D eigenvalue weighted by atomic mass is 32.1. The molecule has 2 heterocycles. The van der Waals surface area contributed by atoms with E-state index in [1.54, 1.807) is 16.0 Å². The first-order valence-corrected chi connectivity index (χ1v) is 7.69. The van der Waals surface area contributed by atoms with Crippen molar-refractivity contribution in [3.8, 4) is 0 Å². The van der Waals surface area contributed by atoms with Crippen LogP contribution in [0.2, 0.25) is 0 Å². The van der Waals surface area contributed by atoms with Crippen molar-refractivity contribution in [1.29, 1.82) is 0 Å². The number of aryl methyl sites for hydroxylation is 1. The van der Waals surface area contributed by atoms with E-state index in [9.17, 15) is 5.11 Å². The highest BCUT2D eigenvalue weighted by molar-refractivity contribution is 7.10. The lowest BCUT2D eigenvalue weighted by Gasteiger charge is -2.29. The maximum atomic E-state index is 9.52. The van der Waals surface area contributed by atoms with Gasteiger partial charge in [-0.1, -0.05) is 0 Å². The van der Waals surface area contributed by atoms with E-state index < -0.39 is 0 Å². The molecule has 1 aromatic heterocycles. The van der Waals surface area contributed by atoms with Crippen molar-refractivity contribution in [2.45, 2.75) is 51.2 Å². The normalized spacial score (nSPS) is 22.6. The van der Waals surface area contributed by atoms with Gasteiger partial charge in [-0.25, -0.2) is 0 Å². The Hall–Kier alpha value is -0.380. The molecule has 17 heavy (non-hydrogen) atoms. The van der Waals surface area contributed by atoms with Crippen molar-refractivity contribution in [2.24, 2.45) is 0 Å². The third-order valence-corrected chi connectivity index (χ3v) is 5.24. The SMILES string of the molecule is OC1CCN(Cc2csc3c2CCCC3)CC1. The van der Waals surface area contributed by atoms with Crippen LogP contribution in [0.1, 0.15) is 41.7 Å². The van der Waals surface area contributed by atoms with E-state index >= 15 is 0 Å². The zero-order valence-corrected chi connectivity index (χ0v) is 11.1. The molecule has 2 nitrogen and oxygen atoms in total. The molecular formula is C14H21NOS. The summed E-state index contributed by atoms with van der Waals surface area (Å²) in [6.07, 6.45) is 7.20. The highest BCUT2D eigenvalue weighted by Crippen LogP contribution is 2.31. The van der Waals surface area contributed by atoms with Crippen LogP contribution in [0.25, 0.3) is 0 Å². The topological polar surface area (TPSA) is 23.5 Å². The molecule has 1 aromatic rings. The van der Waals surface area contributed by atoms with Crippen molar-refractivity contribution in [1.82, 2.24) is 4.90 Å². The molecule has 2 aliphatic rings. The van der Waals surface area contributed by atoms with Crippen LogP contribution in [0.3, 0.4) is 0 Å². The number of aliphatic hydroxyl groups excluding tert-OH is 1. The van der Waals surface area contributed by atoms with Crippen LogP contribution in [-0.4, -0.2) is 29.2 Å². The molecule has 1 N–H and O–H groups in total. The molecule has 0 saturated carbocycles. The number of rotatable bonds is 2. The Kier molecular flexibility index (Phi) is 3.50. The van der Waals surface area contributed by atoms with Crippen LogP contribution in [0.4, 0.5) is 0 Å². The van der Waals surface area contributed by atoms with E-state index in [1.807, 2.05) is 11.3 Å². The Labute approximate surface area is 107 Å². The minimum atomic E-state index is -0.0531. The fraction of sp³-hybridized carbons (Fsp3) is 0.714.